The molecule has 1 amide bonds. The first-order valence-electron chi connectivity index (χ1n) is 10.1. The van der Waals surface area contributed by atoms with Gasteiger partial charge in [0, 0.05) is 19.4 Å². The summed E-state index contributed by atoms with van der Waals surface area (Å²) in [5.41, 5.74) is 3.49. The summed E-state index contributed by atoms with van der Waals surface area (Å²) in [4.78, 5) is 21.2. The summed E-state index contributed by atoms with van der Waals surface area (Å²) < 4.78 is 1.16. The Labute approximate surface area is 171 Å². The number of carbonyl (C=O) groups is 1. The smallest absolute Gasteiger partial charge is 0.229 e. The van der Waals surface area contributed by atoms with Crippen molar-refractivity contribution in [2.45, 2.75) is 32.6 Å². The van der Waals surface area contributed by atoms with Gasteiger partial charge in [-0.1, -0.05) is 54.7 Å². The van der Waals surface area contributed by atoms with Crippen molar-refractivity contribution < 1.29 is 9.69 Å². The van der Waals surface area contributed by atoms with Crippen molar-refractivity contribution in [2.75, 3.05) is 32.1 Å². The normalized spacial score (nSPS) is 11.3. The van der Waals surface area contributed by atoms with Gasteiger partial charge in [-0.05, 0) is 36.1 Å². The molecule has 1 N–H and O–H groups in total. The lowest BCUT2D eigenvalue weighted by atomic mass is 10.1. The van der Waals surface area contributed by atoms with Gasteiger partial charge < -0.3 is 4.90 Å². The first-order chi connectivity index (χ1) is 13.6. The second-order valence-corrected chi connectivity index (χ2v) is 8.50. The zero-order valence-corrected chi connectivity index (χ0v) is 17.9. The van der Waals surface area contributed by atoms with Crippen molar-refractivity contribution >= 4 is 32.6 Å². The van der Waals surface area contributed by atoms with Crippen LogP contribution in [-0.4, -0.2) is 38.1 Å². The minimum Gasteiger partial charge on any atom is -0.340 e. The maximum Gasteiger partial charge on any atom is 0.229 e. The number of rotatable bonds is 9. The van der Waals surface area contributed by atoms with Gasteiger partial charge in [0.2, 0.25) is 5.91 Å². The van der Waals surface area contributed by atoms with Crippen LogP contribution in [0.4, 0.5) is 5.13 Å². The fourth-order valence-corrected chi connectivity index (χ4v) is 4.31. The SMILES string of the molecule is CCc1ccc2nc(N(CCC[NH+](C)C)C(=O)CCc3ccccc3)sc2c1. The van der Waals surface area contributed by atoms with Gasteiger partial charge in [-0.3, -0.25) is 9.69 Å². The fraction of sp³-hybridized carbons (Fsp3) is 0.391. The van der Waals surface area contributed by atoms with Crippen LogP contribution in [0.2, 0.25) is 0 Å². The summed E-state index contributed by atoms with van der Waals surface area (Å²) in [5.74, 6) is 0.160. The topological polar surface area (TPSA) is 37.6 Å². The molecule has 0 fully saturated rings. The molecular formula is C23H30N3OS+. The Morgan fingerprint density at radius 2 is 1.89 bits per heavy atom. The second kappa shape index (κ2) is 9.80. The van der Waals surface area contributed by atoms with Crippen molar-refractivity contribution in [1.82, 2.24) is 4.98 Å². The lowest BCUT2D eigenvalue weighted by Crippen LogP contribution is -3.05. The molecule has 3 aromatic rings. The highest BCUT2D eigenvalue weighted by Crippen LogP contribution is 2.30. The van der Waals surface area contributed by atoms with Crippen LogP contribution >= 0.6 is 11.3 Å². The molecule has 28 heavy (non-hydrogen) atoms. The number of hydrogen-bond acceptors (Lipinski definition) is 3. The highest BCUT2D eigenvalue weighted by atomic mass is 32.1. The summed E-state index contributed by atoms with van der Waals surface area (Å²) in [5, 5.41) is 0.829. The van der Waals surface area contributed by atoms with Crippen molar-refractivity contribution in [3.05, 3.63) is 59.7 Å². The highest BCUT2D eigenvalue weighted by molar-refractivity contribution is 7.22. The van der Waals surface area contributed by atoms with Crippen LogP contribution in [0.1, 0.15) is 30.9 Å². The van der Waals surface area contributed by atoms with Crippen molar-refractivity contribution in [3.63, 3.8) is 0 Å². The van der Waals surface area contributed by atoms with E-state index in [2.05, 4.69) is 51.4 Å². The number of anilines is 1. The van der Waals surface area contributed by atoms with E-state index in [1.54, 1.807) is 11.3 Å². The largest absolute Gasteiger partial charge is 0.340 e. The number of fused-ring (bicyclic) bond motifs is 1. The maximum absolute atomic E-state index is 13.1. The lowest BCUT2D eigenvalue weighted by Gasteiger charge is -2.20. The quantitative estimate of drug-likeness (QED) is 0.602. The molecule has 0 aliphatic rings. The maximum atomic E-state index is 13.1. The van der Waals surface area contributed by atoms with Gasteiger partial charge >= 0.3 is 0 Å². The summed E-state index contributed by atoms with van der Waals surface area (Å²) in [6, 6.07) is 16.6. The molecule has 0 saturated carbocycles. The van der Waals surface area contributed by atoms with E-state index < -0.39 is 0 Å². The molecule has 0 atom stereocenters. The number of carbonyl (C=O) groups excluding carboxylic acids is 1. The van der Waals surface area contributed by atoms with Crippen LogP contribution in [0.5, 0.6) is 0 Å². The number of amides is 1. The predicted octanol–water partition coefficient (Wildman–Crippen LogP) is 3.36. The number of quaternary nitrogens is 1. The van der Waals surface area contributed by atoms with E-state index in [-0.39, 0.29) is 5.91 Å². The molecular weight excluding hydrogens is 366 g/mol. The zero-order valence-electron chi connectivity index (χ0n) is 17.1. The van der Waals surface area contributed by atoms with Gasteiger partial charge in [0.15, 0.2) is 5.13 Å². The average Bonchev–Trinajstić information content (AvgIpc) is 3.12. The Bertz CT molecular complexity index is 905. The minimum absolute atomic E-state index is 0.160. The number of nitrogens with zero attached hydrogens (tertiary/aromatic N) is 2. The summed E-state index contributed by atoms with van der Waals surface area (Å²) >= 11 is 1.63. The molecule has 0 saturated heterocycles. The van der Waals surface area contributed by atoms with Crippen LogP contribution in [0.25, 0.3) is 10.2 Å². The number of aromatic nitrogens is 1. The molecule has 5 heteroatoms. The molecule has 0 radical (unpaired) electrons. The van der Waals surface area contributed by atoms with Crippen molar-refractivity contribution in [3.8, 4) is 0 Å². The predicted molar refractivity (Wildman–Crippen MR) is 118 cm³/mol. The van der Waals surface area contributed by atoms with Gasteiger partial charge in [-0.2, -0.15) is 0 Å². The average molecular weight is 397 g/mol. The van der Waals surface area contributed by atoms with Crippen LogP contribution < -0.4 is 9.80 Å². The van der Waals surface area contributed by atoms with E-state index in [4.69, 9.17) is 4.98 Å². The van der Waals surface area contributed by atoms with Crippen LogP contribution in [0.15, 0.2) is 48.5 Å². The molecule has 4 nitrogen and oxygen atoms in total. The Morgan fingerprint density at radius 3 is 2.61 bits per heavy atom. The van der Waals surface area contributed by atoms with Gasteiger partial charge in [0.25, 0.3) is 0 Å². The van der Waals surface area contributed by atoms with Crippen molar-refractivity contribution in [2.24, 2.45) is 0 Å². The van der Waals surface area contributed by atoms with E-state index in [0.29, 0.717) is 6.42 Å². The summed E-state index contributed by atoms with van der Waals surface area (Å²) in [6.07, 6.45) is 3.25. The highest BCUT2D eigenvalue weighted by Gasteiger charge is 2.20. The Kier molecular flexibility index (Phi) is 7.18. The molecule has 0 spiro atoms. The minimum atomic E-state index is 0.160. The molecule has 0 unspecified atom stereocenters. The lowest BCUT2D eigenvalue weighted by molar-refractivity contribution is -0.858. The number of benzene rings is 2. The van der Waals surface area contributed by atoms with E-state index in [1.807, 2.05) is 23.1 Å². The Morgan fingerprint density at radius 1 is 1.11 bits per heavy atom. The van der Waals surface area contributed by atoms with Gasteiger partial charge in [-0.15, -0.1) is 0 Å². The van der Waals surface area contributed by atoms with Crippen LogP contribution in [-0.2, 0) is 17.6 Å². The molecule has 0 bridgehead atoms. The first-order valence-corrected chi connectivity index (χ1v) is 10.9. The number of hydrogen-bond donors (Lipinski definition) is 1. The van der Waals surface area contributed by atoms with Gasteiger partial charge in [-0.25, -0.2) is 4.98 Å². The molecule has 1 aromatic heterocycles. The fourth-order valence-electron chi connectivity index (χ4n) is 3.24. The van der Waals surface area contributed by atoms with Crippen LogP contribution in [0, 0.1) is 0 Å². The number of thiazole rings is 1. The summed E-state index contributed by atoms with van der Waals surface area (Å²) in [7, 11) is 4.29. The second-order valence-electron chi connectivity index (χ2n) is 7.49. The van der Waals surface area contributed by atoms with E-state index in [0.717, 1.165) is 47.7 Å². The number of nitrogens with one attached hydrogen (secondary N) is 1. The number of aryl methyl sites for hydroxylation is 2. The molecule has 0 aliphatic heterocycles. The van der Waals surface area contributed by atoms with Crippen LogP contribution in [0.3, 0.4) is 0 Å². The molecule has 0 aliphatic carbocycles. The third-order valence-corrected chi connectivity index (χ3v) is 5.95. The third kappa shape index (κ3) is 5.40. The molecule has 1 heterocycles. The molecule has 2 aromatic carbocycles. The van der Waals surface area contributed by atoms with Gasteiger partial charge in [0.05, 0.1) is 30.9 Å². The van der Waals surface area contributed by atoms with E-state index >= 15 is 0 Å². The third-order valence-electron chi connectivity index (χ3n) is 4.91. The molecule has 148 valence electrons. The summed E-state index contributed by atoms with van der Waals surface area (Å²) in [6.45, 7) is 3.92. The van der Waals surface area contributed by atoms with Crippen molar-refractivity contribution in [1.29, 1.82) is 0 Å². The van der Waals surface area contributed by atoms with Gasteiger partial charge in [0.1, 0.15) is 0 Å². The standard InChI is InChI=1S/C23H29N3OS/c1-4-18-11-13-20-21(17-18)28-23(24-20)26(16-8-15-25(2)3)22(27)14-12-19-9-6-5-7-10-19/h5-7,9-11,13,17H,4,8,12,14-16H2,1-3H3/p+1. The Balaban J connectivity index is 1.78. The first kappa shape index (κ1) is 20.5. The Hall–Kier alpha value is -2.24. The van der Waals surface area contributed by atoms with E-state index in [9.17, 15) is 4.79 Å². The monoisotopic (exact) mass is 396 g/mol. The van der Waals surface area contributed by atoms with E-state index in [1.165, 1.54) is 16.0 Å². The zero-order chi connectivity index (χ0) is 19.9. The molecule has 3 rings (SSSR count).